The number of ether oxygens (including phenoxy) is 2. The molecule has 18 heavy (non-hydrogen) atoms. The summed E-state index contributed by atoms with van der Waals surface area (Å²) < 4.78 is 11.1. The van der Waals surface area contributed by atoms with Crippen molar-refractivity contribution in [3.05, 3.63) is 22.2 Å². The van der Waals surface area contributed by atoms with Crippen LogP contribution in [0.2, 0.25) is 0 Å². The quantitative estimate of drug-likeness (QED) is 0.742. The van der Waals surface area contributed by atoms with Gasteiger partial charge in [-0.3, -0.25) is 4.79 Å². The Morgan fingerprint density at radius 1 is 1.22 bits per heavy atom. The van der Waals surface area contributed by atoms with E-state index >= 15 is 0 Å². The van der Waals surface area contributed by atoms with Crippen LogP contribution in [0.25, 0.3) is 0 Å². The van der Waals surface area contributed by atoms with Crippen LogP contribution in [-0.2, 0) is 0 Å². The fourth-order valence-corrected chi connectivity index (χ4v) is 2.17. The highest BCUT2D eigenvalue weighted by Gasteiger charge is 2.15. The largest absolute Gasteiger partial charge is 0.493 e. The van der Waals surface area contributed by atoms with E-state index in [9.17, 15) is 4.79 Å². The number of halogens is 1. The summed E-state index contributed by atoms with van der Waals surface area (Å²) in [6.45, 7) is 4.22. The molecule has 0 heterocycles. The predicted octanol–water partition coefficient (Wildman–Crippen LogP) is 4.09. The number of benzene rings is 1. The van der Waals surface area contributed by atoms with Crippen LogP contribution in [0, 0.1) is 5.92 Å². The molecule has 100 valence electrons. The smallest absolute Gasteiger partial charge is 0.164 e. The molecule has 1 aromatic rings. The van der Waals surface area contributed by atoms with Crippen LogP contribution < -0.4 is 9.47 Å². The summed E-state index contributed by atoms with van der Waals surface area (Å²) in [5.41, 5.74) is 0.647. The van der Waals surface area contributed by atoms with Gasteiger partial charge < -0.3 is 9.47 Å². The van der Waals surface area contributed by atoms with Crippen LogP contribution >= 0.6 is 15.9 Å². The lowest BCUT2D eigenvalue weighted by atomic mass is 10.0. The van der Waals surface area contributed by atoms with E-state index in [4.69, 9.17) is 9.47 Å². The Kier molecular flexibility index (Phi) is 5.66. The van der Waals surface area contributed by atoms with Crippen LogP contribution in [0.4, 0.5) is 0 Å². The third kappa shape index (κ3) is 3.73. The summed E-state index contributed by atoms with van der Waals surface area (Å²) in [6, 6.07) is 3.49. The minimum Gasteiger partial charge on any atom is -0.493 e. The number of carbonyl (C=O) groups excluding carboxylic acids is 1. The van der Waals surface area contributed by atoms with E-state index in [-0.39, 0.29) is 5.78 Å². The molecule has 0 aromatic heterocycles. The van der Waals surface area contributed by atoms with Gasteiger partial charge in [-0.05, 0) is 40.4 Å². The van der Waals surface area contributed by atoms with Gasteiger partial charge in [-0.25, -0.2) is 0 Å². The zero-order valence-corrected chi connectivity index (χ0v) is 12.8. The second kappa shape index (κ2) is 6.78. The first-order chi connectivity index (χ1) is 8.49. The lowest BCUT2D eigenvalue weighted by molar-refractivity contribution is 0.0974. The maximum Gasteiger partial charge on any atom is 0.164 e. The third-order valence-electron chi connectivity index (χ3n) is 2.72. The van der Waals surface area contributed by atoms with Gasteiger partial charge in [-0.15, -0.1) is 0 Å². The topological polar surface area (TPSA) is 35.5 Å². The molecule has 4 heteroatoms. The second-order valence-electron chi connectivity index (χ2n) is 4.54. The molecule has 0 bridgehead atoms. The molecule has 1 rings (SSSR count). The molecule has 0 aliphatic heterocycles. The highest BCUT2D eigenvalue weighted by molar-refractivity contribution is 9.10. The summed E-state index contributed by atoms with van der Waals surface area (Å²) in [7, 11) is 3.14. The van der Waals surface area contributed by atoms with E-state index in [1.54, 1.807) is 26.4 Å². The minimum absolute atomic E-state index is 0.122. The Hall–Kier alpha value is -1.03. The molecule has 0 saturated heterocycles. The van der Waals surface area contributed by atoms with Crippen molar-refractivity contribution in [2.45, 2.75) is 26.7 Å². The Balaban J connectivity index is 2.98. The van der Waals surface area contributed by atoms with Gasteiger partial charge in [0, 0.05) is 16.5 Å². The first-order valence-electron chi connectivity index (χ1n) is 5.94. The number of carbonyl (C=O) groups is 1. The van der Waals surface area contributed by atoms with Crippen LogP contribution in [0.15, 0.2) is 16.6 Å². The summed E-state index contributed by atoms with van der Waals surface area (Å²) in [5.74, 6) is 1.84. The van der Waals surface area contributed by atoms with Crippen molar-refractivity contribution in [3.63, 3.8) is 0 Å². The first-order valence-corrected chi connectivity index (χ1v) is 6.73. The molecule has 0 aliphatic rings. The Morgan fingerprint density at radius 2 is 1.78 bits per heavy atom. The molecule has 0 aliphatic carbocycles. The monoisotopic (exact) mass is 314 g/mol. The second-order valence-corrected chi connectivity index (χ2v) is 5.40. The van der Waals surface area contributed by atoms with Gasteiger partial charge in [-0.2, -0.15) is 0 Å². The average molecular weight is 315 g/mol. The fraction of sp³-hybridized carbons (Fsp3) is 0.500. The van der Waals surface area contributed by atoms with Gasteiger partial charge in [0.05, 0.1) is 14.2 Å². The maximum absolute atomic E-state index is 12.1. The average Bonchev–Trinajstić information content (AvgIpc) is 2.35. The highest BCUT2D eigenvalue weighted by Crippen LogP contribution is 2.34. The van der Waals surface area contributed by atoms with Gasteiger partial charge in [0.25, 0.3) is 0 Å². The number of hydrogen-bond donors (Lipinski definition) is 0. The molecule has 1 aromatic carbocycles. The number of rotatable bonds is 6. The van der Waals surface area contributed by atoms with Crippen molar-refractivity contribution >= 4 is 21.7 Å². The van der Waals surface area contributed by atoms with Crippen molar-refractivity contribution in [1.29, 1.82) is 0 Å². The normalized spacial score (nSPS) is 10.6. The van der Waals surface area contributed by atoms with Crippen molar-refractivity contribution in [2.75, 3.05) is 14.2 Å². The van der Waals surface area contributed by atoms with Crippen LogP contribution in [0.1, 0.15) is 37.0 Å². The number of hydrogen-bond acceptors (Lipinski definition) is 3. The molecule has 0 amide bonds. The van der Waals surface area contributed by atoms with Crippen molar-refractivity contribution in [2.24, 2.45) is 5.92 Å². The predicted molar refractivity (Wildman–Crippen MR) is 75.6 cm³/mol. The van der Waals surface area contributed by atoms with Crippen molar-refractivity contribution < 1.29 is 14.3 Å². The van der Waals surface area contributed by atoms with Crippen molar-refractivity contribution in [3.8, 4) is 11.5 Å². The van der Waals surface area contributed by atoms with E-state index in [0.29, 0.717) is 29.4 Å². The Labute approximate surface area is 117 Å². The molecule has 3 nitrogen and oxygen atoms in total. The lowest BCUT2D eigenvalue weighted by Gasteiger charge is -2.11. The van der Waals surface area contributed by atoms with E-state index in [1.807, 2.05) is 0 Å². The lowest BCUT2D eigenvalue weighted by Crippen LogP contribution is -2.04. The zero-order chi connectivity index (χ0) is 13.7. The van der Waals surface area contributed by atoms with Crippen molar-refractivity contribution in [1.82, 2.24) is 0 Å². The van der Waals surface area contributed by atoms with Crippen LogP contribution in [-0.4, -0.2) is 20.0 Å². The van der Waals surface area contributed by atoms with Gasteiger partial charge >= 0.3 is 0 Å². The molecule has 0 fully saturated rings. The third-order valence-corrected chi connectivity index (χ3v) is 3.38. The minimum atomic E-state index is 0.122. The summed E-state index contributed by atoms with van der Waals surface area (Å²) in [6.07, 6.45) is 1.44. The molecule has 0 unspecified atom stereocenters. The summed E-state index contributed by atoms with van der Waals surface area (Å²) >= 11 is 3.40. The number of ketones is 1. The van der Waals surface area contributed by atoms with E-state index in [1.165, 1.54) is 0 Å². The standard InChI is InChI=1S/C14H19BrO3/c1-9(2)5-6-12(16)10-7-13(17-3)14(18-4)8-11(10)15/h7-9H,5-6H2,1-4H3. The van der Waals surface area contributed by atoms with Crippen LogP contribution in [0.3, 0.4) is 0 Å². The van der Waals surface area contributed by atoms with E-state index in [0.717, 1.165) is 10.9 Å². The highest BCUT2D eigenvalue weighted by atomic mass is 79.9. The molecule has 0 N–H and O–H groups in total. The van der Waals surface area contributed by atoms with Gasteiger partial charge in [0.2, 0.25) is 0 Å². The fourth-order valence-electron chi connectivity index (χ4n) is 1.62. The zero-order valence-electron chi connectivity index (χ0n) is 11.2. The molecule has 0 radical (unpaired) electrons. The van der Waals surface area contributed by atoms with E-state index < -0.39 is 0 Å². The summed E-state index contributed by atoms with van der Waals surface area (Å²) in [4.78, 5) is 12.1. The van der Waals surface area contributed by atoms with Gasteiger partial charge in [0.15, 0.2) is 17.3 Å². The van der Waals surface area contributed by atoms with Crippen LogP contribution in [0.5, 0.6) is 11.5 Å². The van der Waals surface area contributed by atoms with E-state index in [2.05, 4.69) is 29.8 Å². The Morgan fingerprint density at radius 3 is 2.28 bits per heavy atom. The molecule has 0 atom stereocenters. The number of methoxy groups -OCH3 is 2. The van der Waals surface area contributed by atoms with Gasteiger partial charge in [-0.1, -0.05) is 13.8 Å². The first kappa shape index (κ1) is 15.0. The number of Topliss-reactive ketones (excluding diaryl/α,β-unsaturated/α-hetero) is 1. The maximum atomic E-state index is 12.1. The molecule has 0 spiro atoms. The Bertz CT molecular complexity index is 427. The van der Waals surface area contributed by atoms with Gasteiger partial charge in [0.1, 0.15) is 0 Å². The molecular formula is C14H19BrO3. The molecular weight excluding hydrogens is 296 g/mol. The summed E-state index contributed by atoms with van der Waals surface area (Å²) in [5, 5.41) is 0. The molecule has 0 saturated carbocycles. The SMILES string of the molecule is COc1cc(Br)c(C(=O)CCC(C)C)cc1OC.